The molecule has 0 bridgehead atoms. The summed E-state index contributed by atoms with van der Waals surface area (Å²) < 4.78 is 36.6. The van der Waals surface area contributed by atoms with E-state index in [2.05, 4.69) is 4.90 Å². The van der Waals surface area contributed by atoms with Crippen LogP contribution in [0.2, 0.25) is 0 Å². The smallest absolute Gasteiger partial charge is 0.475 e. The highest BCUT2D eigenvalue weighted by Gasteiger charge is 2.38. The lowest BCUT2D eigenvalue weighted by Gasteiger charge is -2.25. The molecule has 0 aromatic rings. The molecule has 0 unspecified atom stereocenters. The van der Waals surface area contributed by atoms with Crippen molar-refractivity contribution in [2.24, 2.45) is 5.73 Å². The first kappa shape index (κ1) is 18.7. The molecule has 0 aromatic heterocycles. The molecule has 0 aromatic carbocycles. The molecule has 118 valence electrons. The average Bonchev–Trinajstić information content (AvgIpc) is 2.39. The molecule has 1 aliphatic rings. The van der Waals surface area contributed by atoms with Gasteiger partial charge in [-0.3, -0.25) is 9.69 Å². The Balaban J connectivity index is 0.000000441. The minimum absolute atomic E-state index is 0.0139. The molecule has 0 saturated carbocycles. The van der Waals surface area contributed by atoms with Crippen LogP contribution in [0.25, 0.3) is 0 Å². The molecule has 1 saturated heterocycles. The van der Waals surface area contributed by atoms with Crippen molar-refractivity contribution in [2.75, 3.05) is 32.8 Å². The number of esters is 1. The number of carbonyl (C=O) groups excluding carboxylic acids is 1. The van der Waals surface area contributed by atoms with Gasteiger partial charge in [0.25, 0.3) is 0 Å². The van der Waals surface area contributed by atoms with Crippen molar-refractivity contribution in [3.63, 3.8) is 0 Å². The molecular formula is C11H19F3N2O4. The Bertz CT molecular complexity index is 305. The minimum atomic E-state index is -5.08. The second kappa shape index (κ2) is 9.54. The van der Waals surface area contributed by atoms with Crippen molar-refractivity contribution in [2.45, 2.75) is 25.4 Å². The number of carboxylic acids is 1. The van der Waals surface area contributed by atoms with Crippen LogP contribution in [-0.2, 0) is 14.3 Å². The number of carboxylic acid groups (broad SMARTS) is 1. The van der Waals surface area contributed by atoms with Gasteiger partial charge >= 0.3 is 18.1 Å². The van der Waals surface area contributed by atoms with E-state index in [1.165, 1.54) is 19.3 Å². The molecular weight excluding hydrogens is 281 g/mol. The molecule has 9 heteroatoms. The first-order chi connectivity index (χ1) is 9.27. The van der Waals surface area contributed by atoms with Crippen molar-refractivity contribution in [3.05, 3.63) is 0 Å². The Kier molecular flexibility index (Phi) is 8.89. The molecule has 1 fully saturated rings. The maximum absolute atomic E-state index is 10.7. The molecule has 1 aliphatic heterocycles. The summed E-state index contributed by atoms with van der Waals surface area (Å²) in [5.41, 5.74) is 5.10. The number of piperidine rings is 1. The lowest BCUT2D eigenvalue weighted by Crippen LogP contribution is -2.33. The standard InChI is InChI=1S/C9H18N2O2.C2HF3O2/c10-8-9(12)13-7-6-11-4-2-1-3-5-11;3-2(4,5)1(6)7/h1-8,10H2;(H,6,7). The quantitative estimate of drug-likeness (QED) is 0.739. The van der Waals surface area contributed by atoms with Gasteiger partial charge in [-0.2, -0.15) is 13.2 Å². The third-order valence-electron chi connectivity index (χ3n) is 2.53. The number of hydrogen-bond acceptors (Lipinski definition) is 5. The fourth-order valence-corrected chi connectivity index (χ4v) is 1.53. The lowest BCUT2D eigenvalue weighted by molar-refractivity contribution is -0.192. The average molecular weight is 300 g/mol. The summed E-state index contributed by atoms with van der Waals surface area (Å²) in [4.78, 5) is 21.9. The van der Waals surface area contributed by atoms with E-state index in [0.717, 1.165) is 19.6 Å². The molecule has 0 radical (unpaired) electrons. The second-order valence-corrected chi connectivity index (χ2v) is 4.13. The third kappa shape index (κ3) is 9.56. The van der Waals surface area contributed by atoms with Gasteiger partial charge in [-0.25, -0.2) is 4.79 Å². The maximum atomic E-state index is 10.7. The van der Waals surface area contributed by atoms with Gasteiger partial charge in [0.1, 0.15) is 6.61 Å². The van der Waals surface area contributed by atoms with Crippen LogP contribution in [0.15, 0.2) is 0 Å². The fourth-order valence-electron chi connectivity index (χ4n) is 1.53. The van der Waals surface area contributed by atoms with E-state index in [9.17, 15) is 18.0 Å². The van der Waals surface area contributed by atoms with Crippen molar-refractivity contribution >= 4 is 11.9 Å². The van der Waals surface area contributed by atoms with Crippen LogP contribution in [-0.4, -0.2) is 60.9 Å². The van der Waals surface area contributed by atoms with E-state index in [4.69, 9.17) is 20.4 Å². The van der Waals surface area contributed by atoms with Crippen LogP contribution in [0.1, 0.15) is 19.3 Å². The van der Waals surface area contributed by atoms with Gasteiger partial charge < -0.3 is 15.6 Å². The molecule has 1 rings (SSSR count). The highest BCUT2D eigenvalue weighted by molar-refractivity contribution is 5.73. The zero-order valence-electron chi connectivity index (χ0n) is 11.0. The van der Waals surface area contributed by atoms with Crippen molar-refractivity contribution in [1.29, 1.82) is 0 Å². The topological polar surface area (TPSA) is 92.9 Å². The summed E-state index contributed by atoms with van der Waals surface area (Å²) in [7, 11) is 0. The van der Waals surface area contributed by atoms with Crippen LogP contribution in [0.3, 0.4) is 0 Å². The molecule has 1 heterocycles. The summed E-state index contributed by atoms with van der Waals surface area (Å²) in [5.74, 6) is -3.07. The fraction of sp³-hybridized carbons (Fsp3) is 0.818. The van der Waals surface area contributed by atoms with E-state index in [1.54, 1.807) is 0 Å². The van der Waals surface area contributed by atoms with Crippen molar-refractivity contribution in [3.8, 4) is 0 Å². The molecule has 0 amide bonds. The number of rotatable bonds is 4. The summed E-state index contributed by atoms with van der Waals surface area (Å²) in [6.45, 7) is 3.60. The minimum Gasteiger partial charge on any atom is -0.475 e. The Hall–Kier alpha value is -1.35. The predicted molar refractivity (Wildman–Crippen MR) is 64.0 cm³/mol. The number of halogens is 3. The first-order valence-corrected chi connectivity index (χ1v) is 6.15. The lowest BCUT2D eigenvalue weighted by atomic mass is 10.1. The normalized spacial score (nSPS) is 16.0. The SMILES string of the molecule is NCC(=O)OCCN1CCCCC1.O=C(O)C(F)(F)F. The number of hydrogen-bond donors (Lipinski definition) is 2. The number of aliphatic carboxylic acids is 1. The van der Waals surface area contributed by atoms with Crippen LogP contribution in [0.5, 0.6) is 0 Å². The summed E-state index contributed by atoms with van der Waals surface area (Å²) >= 11 is 0. The molecule has 6 nitrogen and oxygen atoms in total. The van der Waals surface area contributed by atoms with Gasteiger partial charge in [0.05, 0.1) is 6.54 Å². The van der Waals surface area contributed by atoms with Crippen molar-refractivity contribution < 1.29 is 32.6 Å². The van der Waals surface area contributed by atoms with Crippen LogP contribution in [0, 0.1) is 0 Å². The Morgan fingerprint density at radius 3 is 2.10 bits per heavy atom. The molecule has 0 aliphatic carbocycles. The Morgan fingerprint density at radius 2 is 1.70 bits per heavy atom. The maximum Gasteiger partial charge on any atom is 0.490 e. The largest absolute Gasteiger partial charge is 0.490 e. The van der Waals surface area contributed by atoms with Gasteiger partial charge in [0, 0.05) is 6.54 Å². The second-order valence-electron chi connectivity index (χ2n) is 4.13. The van der Waals surface area contributed by atoms with E-state index >= 15 is 0 Å². The number of ether oxygens (including phenoxy) is 1. The first-order valence-electron chi connectivity index (χ1n) is 6.15. The summed E-state index contributed by atoms with van der Waals surface area (Å²) in [5, 5.41) is 7.12. The van der Waals surface area contributed by atoms with Crippen LogP contribution < -0.4 is 5.73 Å². The highest BCUT2D eigenvalue weighted by atomic mass is 19.4. The van der Waals surface area contributed by atoms with E-state index in [1.807, 2.05) is 0 Å². The van der Waals surface area contributed by atoms with Gasteiger partial charge in [-0.1, -0.05) is 6.42 Å². The Morgan fingerprint density at radius 1 is 1.20 bits per heavy atom. The van der Waals surface area contributed by atoms with Crippen molar-refractivity contribution in [1.82, 2.24) is 4.90 Å². The highest BCUT2D eigenvalue weighted by Crippen LogP contribution is 2.13. The number of nitrogens with two attached hydrogens (primary N) is 1. The van der Waals surface area contributed by atoms with Crippen LogP contribution in [0.4, 0.5) is 13.2 Å². The summed E-state index contributed by atoms with van der Waals surface area (Å²) in [6, 6.07) is 0. The van der Waals surface area contributed by atoms with E-state index < -0.39 is 12.1 Å². The molecule has 3 N–H and O–H groups in total. The zero-order chi connectivity index (χ0) is 15.6. The van der Waals surface area contributed by atoms with Gasteiger partial charge in [-0.05, 0) is 25.9 Å². The zero-order valence-corrected chi connectivity index (χ0v) is 11.0. The predicted octanol–water partition coefficient (Wildman–Crippen LogP) is 0.607. The van der Waals surface area contributed by atoms with Gasteiger partial charge in [-0.15, -0.1) is 0 Å². The van der Waals surface area contributed by atoms with Gasteiger partial charge in [0.2, 0.25) is 0 Å². The van der Waals surface area contributed by atoms with Crippen LogP contribution >= 0.6 is 0 Å². The number of alkyl halides is 3. The molecule has 20 heavy (non-hydrogen) atoms. The van der Waals surface area contributed by atoms with E-state index in [-0.39, 0.29) is 12.5 Å². The van der Waals surface area contributed by atoms with E-state index in [0.29, 0.717) is 6.61 Å². The summed E-state index contributed by atoms with van der Waals surface area (Å²) in [6.07, 6.45) is -1.21. The van der Waals surface area contributed by atoms with Gasteiger partial charge in [0.15, 0.2) is 0 Å². The third-order valence-corrected chi connectivity index (χ3v) is 2.53. The monoisotopic (exact) mass is 300 g/mol. The molecule has 0 spiro atoms. The number of carbonyl (C=O) groups is 2. The number of nitrogens with zero attached hydrogens (tertiary/aromatic N) is 1. The number of likely N-dealkylation sites (tertiary alicyclic amines) is 1. The Labute approximate surface area is 114 Å². The molecule has 0 atom stereocenters.